The zero-order chi connectivity index (χ0) is 13.7. The number of carbonyl (C=O) groups excluding carboxylic acids is 1. The highest BCUT2D eigenvalue weighted by atomic mass is 79.9. The number of nitriles is 1. The Morgan fingerprint density at radius 3 is 2.72 bits per heavy atom. The third-order valence-electron chi connectivity index (χ3n) is 2.32. The highest BCUT2D eigenvalue weighted by molar-refractivity contribution is 9.10. The topological polar surface area (TPSA) is 52.9 Å². The number of nitrogens with one attached hydrogen (secondary N) is 1. The number of hydrogen-bond acceptors (Lipinski definition) is 2. The lowest BCUT2D eigenvalue weighted by Gasteiger charge is -2.10. The molecule has 0 spiro atoms. The van der Waals surface area contributed by atoms with Gasteiger partial charge in [0.2, 0.25) is 5.91 Å². The molecule has 0 radical (unpaired) electrons. The Balaban J connectivity index is 2.88. The molecule has 0 saturated heterocycles. The first-order chi connectivity index (χ1) is 8.49. The normalized spacial score (nSPS) is 11.7. The Hall–Kier alpha value is -1.48. The van der Waals surface area contributed by atoms with Crippen LogP contribution in [0.2, 0.25) is 0 Å². The van der Waals surface area contributed by atoms with Crippen LogP contribution in [0.3, 0.4) is 0 Å². The van der Waals surface area contributed by atoms with Gasteiger partial charge in [-0.1, -0.05) is 13.3 Å². The van der Waals surface area contributed by atoms with E-state index in [4.69, 9.17) is 5.26 Å². The van der Waals surface area contributed by atoms with E-state index in [9.17, 15) is 13.6 Å². The predicted octanol–water partition coefficient (Wildman–Crippen LogP) is 3.61. The summed E-state index contributed by atoms with van der Waals surface area (Å²) in [6.45, 7) is 1.83. The van der Waals surface area contributed by atoms with Gasteiger partial charge in [0.15, 0.2) is 0 Å². The van der Waals surface area contributed by atoms with Crippen LogP contribution in [-0.2, 0) is 4.79 Å². The third-order valence-corrected chi connectivity index (χ3v) is 2.93. The smallest absolute Gasteiger partial charge is 0.241 e. The van der Waals surface area contributed by atoms with Gasteiger partial charge in [0.1, 0.15) is 17.6 Å². The molecule has 0 bridgehead atoms. The number of hydrogen-bond donors (Lipinski definition) is 1. The average Bonchev–Trinajstić information content (AvgIpc) is 2.32. The van der Waals surface area contributed by atoms with Crippen LogP contribution in [0, 0.1) is 28.9 Å². The molecule has 0 aromatic heterocycles. The van der Waals surface area contributed by atoms with Gasteiger partial charge in [-0.05, 0) is 28.4 Å². The number of anilines is 1. The summed E-state index contributed by atoms with van der Waals surface area (Å²) in [7, 11) is 0. The monoisotopic (exact) mass is 316 g/mol. The predicted molar refractivity (Wildman–Crippen MR) is 66.7 cm³/mol. The maximum Gasteiger partial charge on any atom is 0.241 e. The number of benzene rings is 1. The van der Waals surface area contributed by atoms with E-state index in [-0.39, 0.29) is 10.2 Å². The van der Waals surface area contributed by atoms with Crippen molar-refractivity contribution in [3.8, 4) is 6.07 Å². The van der Waals surface area contributed by atoms with Crippen LogP contribution >= 0.6 is 15.9 Å². The van der Waals surface area contributed by atoms with Crippen molar-refractivity contribution in [2.45, 2.75) is 19.8 Å². The first-order valence-corrected chi connectivity index (χ1v) is 6.14. The Kier molecular flexibility index (Phi) is 5.23. The summed E-state index contributed by atoms with van der Waals surface area (Å²) in [5.74, 6) is -2.93. The lowest BCUT2D eigenvalue weighted by atomic mass is 10.0. The quantitative estimate of drug-likeness (QED) is 0.863. The summed E-state index contributed by atoms with van der Waals surface area (Å²) in [5, 5.41) is 11.0. The number of rotatable bonds is 4. The fourth-order valence-corrected chi connectivity index (χ4v) is 1.70. The molecule has 0 saturated carbocycles. The number of carbonyl (C=O) groups is 1. The molecule has 1 unspecified atom stereocenters. The summed E-state index contributed by atoms with van der Waals surface area (Å²) < 4.78 is 26.6. The van der Waals surface area contributed by atoms with E-state index in [0.717, 1.165) is 12.1 Å². The first-order valence-electron chi connectivity index (χ1n) is 5.34. The number of amides is 1. The molecule has 1 atom stereocenters. The van der Waals surface area contributed by atoms with E-state index in [2.05, 4.69) is 21.2 Å². The molecular weight excluding hydrogens is 306 g/mol. The van der Waals surface area contributed by atoms with Crippen molar-refractivity contribution in [2.75, 3.05) is 5.32 Å². The molecule has 3 nitrogen and oxygen atoms in total. The lowest BCUT2D eigenvalue weighted by molar-refractivity contribution is -0.118. The van der Waals surface area contributed by atoms with Crippen LogP contribution in [0.4, 0.5) is 14.5 Å². The van der Waals surface area contributed by atoms with Gasteiger partial charge in [-0.25, -0.2) is 8.78 Å². The lowest BCUT2D eigenvalue weighted by Crippen LogP contribution is -2.22. The van der Waals surface area contributed by atoms with Crippen LogP contribution in [0.15, 0.2) is 16.6 Å². The maximum atomic E-state index is 13.4. The fraction of sp³-hybridized carbons (Fsp3) is 0.333. The van der Waals surface area contributed by atoms with E-state index in [0.29, 0.717) is 12.8 Å². The maximum absolute atomic E-state index is 13.4. The van der Waals surface area contributed by atoms with Crippen LogP contribution in [-0.4, -0.2) is 5.91 Å². The fourth-order valence-electron chi connectivity index (χ4n) is 1.38. The largest absolute Gasteiger partial charge is 0.322 e. The molecule has 0 heterocycles. The van der Waals surface area contributed by atoms with E-state index >= 15 is 0 Å². The second-order valence-electron chi connectivity index (χ2n) is 3.71. The molecule has 6 heteroatoms. The molecule has 18 heavy (non-hydrogen) atoms. The molecule has 1 rings (SSSR count). The molecule has 1 aromatic rings. The van der Waals surface area contributed by atoms with Gasteiger partial charge in [0.25, 0.3) is 0 Å². The second kappa shape index (κ2) is 6.45. The van der Waals surface area contributed by atoms with Crippen LogP contribution in [0.5, 0.6) is 0 Å². The van der Waals surface area contributed by atoms with Crippen LogP contribution < -0.4 is 5.32 Å². The molecule has 1 amide bonds. The van der Waals surface area contributed by atoms with Crippen molar-refractivity contribution in [1.29, 1.82) is 5.26 Å². The van der Waals surface area contributed by atoms with E-state index in [1.807, 2.05) is 13.0 Å². The van der Waals surface area contributed by atoms with Crippen molar-refractivity contribution in [1.82, 2.24) is 0 Å². The number of halogens is 3. The van der Waals surface area contributed by atoms with Crippen molar-refractivity contribution in [3.05, 3.63) is 28.2 Å². The van der Waals surface area contributed by atoms with Gasteiger partial charge in [-0.15, -0.1) is 0 Å². The summed E-state index contributed by atoms with van der Waals surface area (Å²) in [4.78, 5) is 11.6. The van der Waals surface area contributed by atoms with Gasteiger partial charge in [-0.2, -0.15) is 5.26 Å². The molecule has 0 aliphatic carbocycles. The van der Waals surface area contributed by atoms with Crippen LogP contribution in [0.1, 0.15) is 19.8 Å². The Bertz CT molecular complexity index is 500. The Morgan fingerprint density at radius 2 is 2.17 bits per heavy atom. The highest BCUT2D eigenvalue weighted by Crippen LogP contribution is 2.24. The Morgan fingerprint density at radius 1 is 1.50 bits per heavy atom. The van der Waals surface area contributed by atoms with E-state index in [1.165, 1.54) is 0 Å². The third kappa shape index (κ3) is 3.50. The Labute approximate surface area is 112 Å². The van der Waals surface area contributed by atoms with Crippen LogP contribution in [0.25, 0.3) is 0 Å². The summed E-state index contributed by atoms with van der Waals surface area (Å²) in [6.07, 6.45) is 1.03. The highest BCUT2D eigenvalue weighted by Gasteiger charge is 2.19. The molecular formula is C12H11BrF2N2O. The van der Waals surface area contributed by atoms with Gasteiger partial charge in [-0.3, -0.25) is 4.79 Å². The van der Waals surface area contributed by atoms with Gasteiger partial charge < -0.3 is 5.32 Å². The SMILES string of the molecule is CCCC(C#N)C(=O)Nc1cc(F)c(Br)cc1F. The number of nitrogens with zero attached hydrogens (tertiary/aromatic N) is 1. The average molecular weight is 317 g/mol. The van der Waals surface area contributed by atoms with Crippen molar-refractivity contribution in [3.63, 3.8) is 0 Å². The molecule has 0 fully saturated rings. The van der Waals surface area contributed by atoms with Gasteiger partial charge in [0, 0.05) is 6.07 Å². The first kappa shape index (κ1) is 14.6. The van der Waals surface area contributed by atoms with Gasteiger partial charge in [0.05, 0.1) is 16.2 Å². The minimum absolute atomic E-state index is 0.0246. The molecule has 1 aromatic carbocycles. The van der Waals surface area contributed by atoms with Crippen molar-refractivity contribution < 1.29 is 13.6 Å². The second-order valence-corrected chi connectivity index (χ2v) is 4.56. The standard InChI is InChI=1S/C12H11BrF2N2O/c1-2-3-7(6-16)12(18)17-11-5-9(14)8(13)4-10(11)15/h4-5,7H,2-3H2,1H3,(H,17,18). The minimum Gasteiger partial charge on any atom is -0.322 e. The molecule has 0 aliphatic rings. The van der Waals surface area contributed by atoms with Crippen molar-refractivity contribution >= 4 is 27.5 Å². The summed E-state index contributed by atoms with van der Waals surface area (Å²) in [6, 6.07) is 3.63. The zero-order valence-corrected chi connectivity index (χ0v) is 11.2. The molecule has 96 valence electrons. The van der Waals surface area contributed by atoms with E-state index in [1.54, 1.807) is 0 Å². The molecule has 0 aliphatic heterocycles. The zero-order valence-electron chi connectivity index (χ0n) is 9.64. The minimum atomic E-state index is -0.860. The van der Waals surface area contributed by atoms with E-state index < -0.39 is 23.5 Å². The van der Waals surface area contributed by atoms with Crippen molar-refractivity contribution in [2.24, 2.45) is 5.92 Å². The summed E-state index contributed by atoms with van der Waals surface area (Å²) in [5.41, 5.74) is -0.267. The molecule has 1 N–H and O–H groups in total. The van der Waals surface area contributed by atoms with Gasteiger partial charge >= 0.3 is 0 Å². The summed E-state index contributed by atoms with van der Waals surface area (Å²) >= 11 is 2.83.